The van der Waals surface area contributed by atoms with Crippen LogP contribution < -0.4 is 10.0 Å². The van der Waals surface area contributed by atoms with Crippen LogP contribution in [0, 0.1) is 5.82 Å². The third-order valence-electron chi connectivity index (χ3n) is 4.00. The van der Waals surface area contributed by atoms with Crippen molar-refractivity contribution in [2.24, 2.45) is 0 Å². The molecule has 7 heteroatoms. The van der Waals surface area contributed by atoms with Gasteiger partial charge in [-0.15, -0.1) is 0 Å². The van der Waals surface area contributed by atoms with Crippen LogP contribution in [0.5, 0.6) is 0 Å². The minimum atomic E-state index is -3.65. The molecule has 2 saturated heterocycles. The van der Waals surface area contributed by atoms with Crippen molar-refractivity contribution in [1.82, 2.24) is 10.0 Å². The van der Waals surface area contributed by atoms with E-state index in [4.69, 9.17) is 11.6 Å². The van der Waals surface area contributed by atoms with E-state index in [9.17, 15) is 12.8 Å². The molecule has 0 saturated carbocycles. The Hall–Kier alpha value is -0.690. The first-order valence-electron chi connectivity index (χ1n) is 6.67. The van der Waals surface area contributed by atoms with E-state index in [0.717, 1.165) is 37.8 Å². The maximum absolute atomic E-state index is 13.1. The molecule has 3 rings (SSSR count). The summed E-state index contributed by atoms with van der Waals surface area (Å²) >= 11 is 5.64. The Morgan fingerprint density at radius 1 is 1.25 bits per heavy atom. The van der Waals surface area contributed by atoms with Gasteiger partial charge in [-0.2, -0.15) is 0 Å². The molecular formula is C13H16ClFN2O2S. The molecule has 0 amide bonds. The van der Waals surface area contributed by atoms with Crippen LogP contribution in [-0.4, -0.2) is 26.5 Å². The monoisotopic (exact) mass is 318 g/mol. The fourth-order valence-electron chi connectivity index (χ4n) is 3.08. The molecule has 2 atom stereocenters. The topological polar surface area (TPSA) is 58.2 Å². The predicted octanol–water partition coefficient (Wildman–Crippen LogP) is 2.04. The van der Waals surface area contributed by atoms with Gasteiger partial charge in [0.25, 0.3) is 0 Å². The molecule has 2 N–H and O–H groups in total. The fraction of sp³-hybridized carbons (Fsp3) is 0.538. The van der Waals surface area contributed by atoms with E-state index in [-0.39, 0.29) is 16.0 Å². The lowest BCUT2D eigenvalue weighted by molar-refractivity contribution is 0.345. The van der Waals surface area contributed by atoms with Crippen LogP contribution >= 0.6 is 11.6 Å². The highest BCUT2D eigenvalue weighted by Gasteiger charge is 2.35. The summed E-state index contributed by atoms with van der Waals surface area (Å²) in [4.78, 5) is 0.00906. The predicted molar refractivity (Wildman–Crippen MR) is 74.7 cm³/mol. The molecule has 0 radical (unpaired) electrons. The van der Waals surface area contributed by atoms with Crippen LogP contribution in [0.25, 0.3) is 0 Å². The van der Waals surface area contributed by atoms with Gasteiger partial charge in [0.15, 0.2) is 0 Å². The highest BCUT2D eigenvalue weighted by Crippen LogP contribution is 2.28. The van der Waals surface area contributed by atoms with Gasteiger partial charge in [0, 0.05) is 18.1 Å². The van der Waals surface area contributed by atoms with E-state index >= 15 is 0 Å². The Morgan fingerprint density at radius 3 is 2.50 bits per heavy atom. The average molecular weight is 319 g/mol. The van der Waals surface area contributed by atoms with Crippen LogP contribution in [0.2, 0.25) is 5.02 Å². The van der Waals surface area contributed by atoms with Gasteiger partial charge in [-0.1, -0.05) is 11.6 Å². The molecule has 2 unspecified atom stereocenters. The van der Waals surface area contributed by atoms with Crippen molar-refractivity contribution in [1.29, 1.82) is 0 Å². The van der Waals surface area contributed by atoms with Crippen molar-refractivity contribution >= 4 is 21.6 Å². The Labute approximate surface area is 122 Å². The zero-order chi connectivity index (χ0) is 14.3. The number of piperidine rings is 1. The molecule has 1 aromatic rings. The number of rotatable bonds is 3. The summed E-state index contributed by atoms with van der Waals surface area (Å²) < 4.78 is 40.4. The quantitative estimate of drug-likeness (QED) is 0.896. The Kier molecular flexibility index (Phi) is 3.75. The molecule has 2 aliphatic heterocycles. The second kappa shape index (κ2) is 5.26. The second-order valence-electron chi connectivity index (χ2n) is 5.50. The molecule has 0 aromatic heterocycles. The zero-order valence-electron chi connectivity index (χ0n) is 10.8. The van der Waals surface area contributed by atoms with Crippen molar-refractivity contribution in [3.05, 3.63) is 29.0 Å². The highest BCUT2D eigenvalue weighted by molar-refractivity contribution is 7.89. The number of nitrogens with one attached hydrogen (secondary N) is 2. The Morgan fingerprint density at radius 2 is 1.90 bits per heavy atom. The van der Waals surface area contributed by atoms with Crippen LogP contribution in [-0.2, 0) is 10.0 Å². The molecule has 0 spiro atoms. The molecule has 2 bridgehead atoms. The van der Waals surface area contributed by atoms with Crippen molar-refractivity contribution in [3.8, 4) is 0 Å². The fourth-order valence-corrected chi connectivity index (χ4v) is 4.62. The average Bonchev–Trinajstić information content (AvgIpc) is 2.71. The zero-order valence-corrected chi connectivity index (χ0v) is 12.3. The maximum atomic E-state index is 13.1. The van der Waals surface area contributed by atoms with Gasteiger partial charge in [-0.3, -0.25) is 0 Å². The summed E-state index contributed by atoms with van der Waals surface area (Å²) in [7, 11) is -3.65. The lowest BCUT2D eigenvalue weighted by atomic mass is 10.0. The first kappa shape index (κ1) is 14.3. The number of fused-ring (bicyclic) bond motifs is 2. The van der Waals surface area contributed by atoms with Gasteiger partial charge in [0.1, 0.15) is 5.82 Å². The van der Waals surface area contributed by atoms with E-state index in [1.165, 1.54) is 6.07 Å². The van der Waals surface area contributed by atoms with E-state index in [2.05, 4.69) is 10.0 Å². The summed E-state index contributed by atoms with van der Waals surface area (Å²) in [6.07, 6.45) is 3.80. The molecule has 1 aromatic carbocycles. The van der Waals surface area contributed by atoms with E-state index in [1.54, 1.807) is 0 Å². The number of benzene rings is 1. The Balaban J connectivity index is 1.76. The number of hydrogen-bond acceptors (Lipinski definition) is 3. The van der Waals surface area contributed by atoms with Crippen molar-refractivity contribution in [2.45, 2.75) is 48.7 Å². The van der Waals surface area contributed by atoms with Crippen molar-refractivity contribution in [2.75, 3.05) is 0 Å². The van der Waals surface area contributed by atoms with Gasteiger partial charge in [-0.25, -0.2) is 17.5 Å². The summed E-state index contributed by atoms with van der Waals surface area (Å²) in [5.41, 5.74) is 0. The lowest BCUT2D eigenvalue weighted by Crippen LogP contribution is -2.47. The third-order valence-corrected chi connectivity index (χ3v) is 5.80. The Bertz CT molecular complexity index is 611. The first-order chi connectivity index (χ1) is 9.44. The van der Waals surface area contributed by atoms with Gasteiger partial charge >= 0.3 is 0 Å². The van der Waals surface area contributed by atoms with Crippen LogP contribution in [0.1, 0.15) is 25.7 Å². The van der Waals surface area contributed by atoms with Crippen LogP contribution in [0.3, 0.4) is 0 Å². The van der Waals surface area contributed by atoms with E-state index in [0.29, 0.717) is 12.1 Å². The third kappa shape index (κ3) is 2.83. The van der Waals surface area contributed by atoms with Crippen molar-refractivity contribution in [3.63, 3.8) is 0 Å². The second-order valence-corrected chi connectivity index (χ2v) is 7.62. The number of hydrogen-bond donors (Lipinski definition) is 2. The minimum Gasteiger partial charge on any atom is -0.311 e. The highest BCUT2D eigenvalue weighted by atomic mass is 35.5. The number of halogens is 2. The molecule has 0 aliphatic carbocycles. The van der Waals surface area contributed by atoms with E-state index in [1.807, 2.05) is 0 Å². The SMILES string of the molecule is O=S(=O)(NC1CC2CCC(C1)N2)c1ccc(F)c(Cl)c1. The molecule has 110 valence electrons. The van der Waals surface area contributed by atoms with Gasteiger partial charge in [-0.05, 0) is 43.9 Å². The minimum absolute atomic E-state index is 0.00906. The van der Waals surface area contributed by atoms with E-state index < -0.39 is 15.8 Å². The normalized spacial score (nSPS) is 29.6. The smallest absolute Gasteiger partial charge is 0.240 e. The lowest BCUT2D eigenvalue weighted by Gasteiger charge is -2.29. The summed E-state index contributed by atoms with van der Waals surface area (Å²) in [5, 5.41) is 3.27. The summed E-state index contributed by atoms with van der Waals surface area (Å²) in [6, 6.07) is 4.19. The van der Waals surface area contributed by atoms with Crippen LogP contribution in [0.4, 0.5) is 4.39 Å². The van der Waals surface area contributed by atoms with Gasteiger partial charge < -0.3 is 5.32 Å². The molecule has 2 aliphatic rings. The summed E-state index contributed by atoms with van der Waals surface area (Å²) in [5.74, 6) is -0.620. The van der Waals surface area contributed by atoms with Gasteiger partial charge in [0.05, 0.1) is 9.92 Å². The molecule has 2 heterocycles. The molecule has 2 fully saturated rings. The number of sulfonamides is 1. The standard InChI is InChI=1S/C13H16ClFN2O2S/c14-12-7-11(3-4-13(12)15)20(18,19)17-10-5-8-1-2-9(6-10)16-8/h3-4,7-10,16-17H,1-2,5-6H2. The largest absolute Gasteiger partial charge is 0.311 e. The van der Waals surface area contributed by atoms with Gasteiger partial charge in [0.2, 0.25) is 10.0 Å². The van der Waals surface area contributed by atoms with Crippen molar-refractivity contribution < 1.29 is 12.8 Å². The summed E-state index contributed by atoms with van der Waals surface area (Å²) in [6.45, 7) is 0. The maximum Gasteiger partial charge on any atom is 0.240 e. The molecule has 20 heavy (non-hydrogen) atoms. The molecular weight excluding hydrogens is 303 g/mol. The first-order valence-corrected chi connectivity index (χ1v) is 8.53. The van der Waals surface area contributed by atoms with Crippen LogP contribution in [0.15, 0.2) is 23.1 Å². The molecule has 4 nitrogen and oxygen atoms in total.